The number of hydrogen-bond donors (Lipinski definition) is 1. The summed E-state index contributed by atoms with van der Waals surface area (Å²) in [4.78, 5) is 0. The van der Waals surface area contributed by atoms with Crippen molar-refractivity contribution in [1.82, 2.24) is 4.57 Å². The van der Waals surface area contributed by atoms with Crippen LogP contribution in [0.15, 0.2) is 30.5 Å². The van der Waals surface area contributed by atoms with E-state index >= 15 is 0 Å². The molecule has 0 spiro atoms. The maximum atomic E-state index is 8.76. The number of benzene rings is 1. The fraction of sp³-hybridized carbons (Fsp3) is 0.273. The van der Waals surface area contributed by atoms with Gasteiger partial charge in [-0.3, -0.25) is 0 Å². The number of para-hydroxylation sites is 1. The predicted octanol–water partition coefficient (Wildman–Crippen LogP) is 2.68. The third-order valence-corrected chi connectivity index (χ3v) is 2.60. The molecule has 14 heavy (non-hydrogen) atoms. The van der Waals surface area contributed by atoms with Crippen LogP contribution in [0, 0.1) is 0 Å². The molecule has 3 heteroatoms. The lowest BCUT2D eigenvalue weighted by Crippen LogP contribution is -1.98. The van der Waals surface area contributed by atoms with E-state index in [2.05, 4.69) is 4.57 Å². The maximum absolute atomic E-state index is 8.76. The molecule has 2 aromatic rings. The van der Waals surface area contributed by atoms with Crippen LogP contribution in [-0.2, 0) is 6.54 Å². The van der Waals surface area contributed by atoms with E-state index in [1.165, 1.54) is 0 Å². The summed E-state index contributed by atoms with van der Waals surface area (Å²) in [5.74, 6) is 0. The van der Waals surface area contributed by atoms with Gasteiger partial charge in [-0.05, 0) is 18.6 Å². The second-order valence-corrected chi connectivity index (χ2v) is 3.67. The highest BCUT2D eigenvalue weighted by Crippen LogP contribution is 2.24. The Hall–Kier alpha value is -0.990. The molecule has 0 bridgehead atoms. The van der Waals surface area contributed by atoms with Crippen LogP contribution in [0.2, 0.25) is 5.02 Å². The summed E-state index contributed by atoms with van der Waals surface area (Å²) >= 11 is 6.10. The second-order valence-electron chi connectivity index (χ2n) is 3.26. The third kappa shape index (κ3) is 1.63. The monoisotopic (exact) mass is 209 g/mol. The molecular weight excluding hydrogens is 198 g/mol. The summed E-state index contributed by atoms with van der Waals surface area (Å²) < 4.78 is 2.08. The molecule has 0 radical (unpaired) electrons. The van der Waals surface area contributed by atoms with E-state index in [0.29, 0.717) is 0 Å². The standard InChI is InChI=1S/C11H12ClNO/c12-10-4-1-3-9-5-7-13(11(9)10)6-2-8-14/h1,3-5,7,14H,2,6,8H2. The normalized spacial score (nSPS) is 11.0. The molecule has 0 aliphatic rings. The molecule has 1 aromatic heterocycles. The summed E-state index contributed by atoms with van der Waals surface area (Å²) in [6.45, 7) is 1.02. The first-order valence-electron chi connectivity index (χ1n) is 4.67. The van der Waals surface area contributed by atoms with E-state index in [1.54, 1.807) is 0 Å². The van der Waals surface area contributed by atoms with Gasteiger partial charge < -0.3 is 9.67 Å². The van der Waals surface area contributed by atoms with Crippen LogP contribution < -0.4 is 0 Å². The van der Waals surface area contributed by atoms with Crippen LogP contribution >= 0.6 is 11.6 Å². The third-order valence-electron chi connectivity index (χ3n) is 2.30. The quantitative estimate of drug-likeness (QED) is 0.826. The lowest BCUT2D eigenvalue weighted by atomic mass is 10.2. The van der Waals surface area contributed by atoms with E-state index in [1.807, 2.05) is 30.5 Å². The van der Waals surface area contributed by atoms with Gasteiger partial charge in [-0.15, -0.1) is 0 Å². The smallest absolute Gasteiger partial charge is 0.0669 e. The molecule has 0 atom stereocenters. The topological polar surface area (TPSA) is 25.2 Å². The van der Waals surface area contributed by atoms with Crippen LogP contribution in [0.4, 0.5) is 0 Å². The highest BCUT2D eigenvalue weighted by molar-refractivity contribution is 6.35. The number of halogens is 1. The van der Waals surface area contributed by atoms with Crippen molar-refractivity contribution < 1.29 is 5.11 Å². The molecule has 0 unspecified atom stereocenters. The summed E-state index contributed by atoms with van der Waals surface area (Å²) in [6, 6.07) is 7.91. The number of nitrogens with zero attached hydrogens (tertiary/aromatic N) is 1. The van der Waals surface area contributed by atoms with Crippen LogP contribution in [0.5, 0.6) is 0 Å². The van der Waals surface area contributed by atoms with Crippen LogP contribution in [-0.4, -0.2) is 16.3 Å². The molecule has 0 amide bonds. The zero-order chi connectivity index (χ0) is 9.97. The molecule has 1 N–H and O–H groups in total. The van der Waals surface area contributed by atoms with Crippen molar-refractivity contribution in [3.05, 3.63) is 35.5 Å². The number of hydrogen-bond acceptors (Lipinski definition) is 1. The van der Waals surface area contributed by atoms with Gasteiger partial charge in [-0.2, -0.15) is 0 Å². The molecule has 0 aliphatic carbocycles. The van der Waals surface area contributed by atoms with E-state index in [9.17, 15) is 0 Å². The van der Waals surface area contributed by atoms with Gasteiger partial charge >= 0.3 is 0 Å². The fourth-order valence-electron chi connectivity index (χ4n) is 1.64. The summed E-state index contributed by atoms with van der Waals surface area (Å²) in [5, 5.41) is 10.7. The van der Waals surface area contributed by atoms with Crippen LogP contribution in [0.25, 0.3) is 10.9 Å². The van der Waals surface area contributed by atoms with E-state index in [4.69, 9.17) is 16.7 Å². The summed E-state index contributed by atoms with van der Waals surface area (Å²) in [6.07, 6.45) is 2.77. The van der Waals surface area contributed by atoms with E-state index in [-0.39, 0.29) is 6.61 Å². The minimum absolute atomic E-state index is 0.212. The molecule has 0 fully saturated rings. The Morgan fingerprint density at radius 2 is 2.14 bits per heavy atom. The first-order chi connectivity index (χ1) is 6.83. The van der Waals surface area contributed by atoms with Crippen LogP contribution in [0.3, 0.4) is 0 Å². The van der Waals surface area contributed by atoms with Crippen molar-refractivity contribution in [2.45, 2.75) is 13.0 Å². The maximum Gasteiger partial charge on any atom is 0.0669 e. The largest absolute Gasteiger partial charge is 0.396 e. The van der Waals surface area contributed by atoms with Crippen molar-refractivity contribution in [2.24, 2.45) is 0 Å². The van der Waals surface area contributed by atoms with Gasteiger partial charge in [-0.1, -0.05) is 23.7 Å². The van der Waals surface area contributed by atoms with Crippen LogP contribution in [0.1, 0.15) is 6.42 Å². The highest BCUT2D eigenvalue weighted by Gasteiger charge is 2.03. The minimum Gasteiger partial charge on any atom is -0.396 e. The van der Waals surface area contributed by atoms with E-state index < -0.39 is 0 Å². The SMILES string of the molecule is OCCCn1ccc2cccc(Cl)c21. The number of aliphatic hydroxyl groups excluding tert-OH is 1. The van der Waals surface area contributed by atoms with Crippen molar-refractivity contribution in [2.75, 3.05) is 6.61 Å². The van der Waals surface area contributed by atoms with Gasteiger partial charge in [0.15, 0.2) is 0 Å². The Kier molecular flexibility index (Phi) is 2.75. The molecule has 2 nitrogen and oxygen atoms in total. The molecule has 0 saturated heterocycles. The molecule has 0 saturated carbocycles. The Bertz CT molecular complexity index is 436. The molecule has 74 valence electrons. The Balaban J connectivity index is 2.45. The molecule has 2 rings (SSSR count). The summed E-state index contributed by atoms with van der Waals surface area (Å²) in [7, 11) is 0. The second kappa shape index (κ2) is 4.03. The number of aromatic nitrogens is 1. The van der Waals surface area contributed by atoms with Crippen molar-refractivity contribution >= 4 is 22.5 Å². The number of aryl methyl sites for hydroxylation is 1. The summed E-state index contributed by atoms with van der Waals surface area (Å²) in [5.41, 5.74) is 1.06. The van der Waals surface area contributed by atoms with Gasteiger partial charge in [-0.25, -0.2) is 0 Å². The molecule has 1 aromatic carbocycles. The zero-order valence-electron chi connectivity index (χ0n) is 7.78. The first-order valence-corrected chi connectivity index (χ1v) is 5.05. The fourth-order valence-corrected chi connectivity index (χ4v) is 1.93. The molecular formula is C11H12ClNO. The number of fused-ring (bicyclic) bond motifs is 1. The van der Waals surface area contributed by atoms with Gasteiger partial charge in [0.05, 0.1) is 10.5 Å². The Labute approximate surface area is 87.7 Å². The molecule has 0 aliphatic heterocycles. The average Bonchev–Trinajstić information content (AvgIpc) is 2.59. The first kappa shape index (κ1) is 9.56. The van der Waals surface area contributed by atoms with Crippen molar-refractivity contribution in [3.8, 4) is 0 Å². The molecule has 1 heterocycles. The minimum atomic E-state index is 0.212. The number of rotatable bonds is 3. The Morgan fingerprint density at radius 1 is 1.29 bits per heavy atom. The van der Waals surface area contributed by atoms with Gasteiger partial charge in [0.1, 0.15) is 0 Å². The predicted molar refractivity (Wildman–Crippen MR) is 58.7 cm³/mol. The van der Waals surface area contributed by atoms with Crippen molar-refractivity contribution in [1.29, 1.82) is 0 Å². The van der Waals surface area contributed by atoms with Crippen molar-refractivity contribution in [3.63, 3.8) is 0 Å². The van der Waals surface area contributed by atoms with Gasteiger partial charge in [0, 0.05) is 24.7 Å². The van der Waals surface area contributed by atoms with Gasteiger partial charge in [0.25, 0.3) is 0 Å². The number of aliphatic hydroxyl groups is 1. The lowest BCUT2D eigenvalue weighted by molar-refractivity contribution is 0.280. The Morgan fingerprint density at radius 3 is 2.93 bits per heavy atom. The van der Waals surface area contributed by atoms with E-state index in [0.717, 1.165) is 28.9 Å². The highest BCUT2D eigenvalue weighted by atomic mass is 35.5. The lowest BCUT2D eigenvalue weighted by Gasteiger charge is -2.04. The van der Waals surface area contributed by atoms with Gasteiger partial charge in [0.2, 0.25) is 0 Å². The zero-order valence-corrected chi connectivity index (χ0v) is 8.54. The average molecular weight is 210 g/mol.